The fourth-order valence-corrected chi connectivity index (χ4v) is 3.67. The first-order valence-corrected chi connectivity index (χ1v) is 10.1. The van der Waals surface area contributed by atoms with Gasteiger partial charge in [0.15, 0.2) is 0 Å². The molecule has 1 heterocycles. The summed E-state index contributed by atoms with van der Waals surface area (Å²) in [7, 11) is 0. The molecule has 0 aromatic heterocycles. The van der Waals surface area contributed by atoms with E-state index in [0.717, 1.165) is 30.5 Å². The Labute approximate surface area is 170 Å². The normalized spacial score (nSPS) is 18.6. The van der Waals surface area contributed by atoms with Crippen molar-refractivity contribution in [2.45, 2.75) is 38.6 Å². The molecule has 1 aliphatic heterocycles. The number of hydrogen-bond donors (Lipinski definition) is 2. The van der Waals surface area contributed by atoms with E-state index in [2.05, 4.69) is 17.6 Å². The quantitative estimate of drug-likeness (QED) is 0.794. The van der Waals surface area contributed by atoms with E-state index in [1.807, 2.05) is 24.3 Å². The lowest BCUT2D eigenvalue weighted by Gasteiger charge is -2.20. The van der Waals surface area contributed by atoms with Gasteiger partial charge in [0, 0.05) is 35.9 Å². The Morgan fingerprint density at radius 1 is 1.10 bits per heavy atom. The molecule has 4 rings (SSSR count). The van der Waals surface area contributed by atoms with Crippen LogP contribution in [0.4, 0.5) is 11.4 Å². The molecule has 0 spiro atoms. The summed E-state index contributed by atoms with van der Waals surface area (Å²) >= 11 is 0. The number of nitrogens with one attached hydrogen (secondary N) is 2. The van der Waals surface area contributed by atoms with Crippen molar-refractivity contribution in [1.82, 2.24) is 5.32 Å². The first-order chi connectivity index (χ1) is 14.0. The fraction of sp³-hybridized carbons (Fsp3) is 0.348. The van der Waals surface area contributed by atoms with Gasteiger partial charge in [-0.1, -0.05) is 31.2 Å². The average Bonchev–Trinajstić information content (AvgIpc) is 3.46. The Bertz CT molecular complexity index is 952. The second-order valence-electron chi connectivity index (χ2n) is 7.71. The number of nitrogens with zero attached hydrogens (tertiary/aromatic N) is 1. The van der Waals surface area contributed by atoms with Gasteiger partial charge in [0.1, 0.15) is 0 Å². The van der Waals surface area contributed by atoms with Gasteiger partial charge in [0.2, 0.25) is 11.8 Å². The minimum atomic E-state index is -0.420. The van der Waals surface area contributed by atoms with Crippen molar-refractivity contribution in [3.8, 4) is 0 Å². The van der Waals surface area contributed by atoms with Crippen LogP contribution in [0.15, 0.2) is 48.5 Å². The van der Waals surface area contributed by atoms with Crippen molar-refractivity contribution in [2.75, 3.05) is 16.8 Å². The molecule has 150 valence electrons. The third kappa shape index (κ3) is 4.31. The van der Waals surface area contributed by atoms with E-state index >= 15 is 0 Å². The highest BCUT2D eigenvalue weighted by molar-refractivity contribution is 6.04. The van der Waals surface area contributed by atoms with Crippen LogP contribution in [-0.2, 0) is 16.0 Å². The van der Waals surface area contributed by atoms with Crippen molar-refractivity contribution in [1.29, 1.82) is 0 Å². The molecule has 1 saturated heterocycles. The largest absolute Gasteiger partial charge is 0.349 e. The summed E-state index contributed by atoms with van der Waals surface area (Å²) in [5.41, 5.74) is 3.07. The van der Waals surface area contributed by atoms with E-state index in [1.165, 1.54) is 0 Å². The third-order valence-corrected chi connectivity index (χ3v) is 5.46. The summed E-state index contributed by atoms with van der Waals surface area (Å²) in [4.78, 5) is 39.3. The van der Waals surface area contributed by atoms with Crippen LogP contribution >= 0.6 is 0 Å². The lowest BCUT2D eigenvalue weighted by Crippen LogP contribution is -2.29. The van der Waals surface area contributed by atoms with Gasteiger partial charge < -0.3 is 15.5 Å². The first kappa shape index (κ1) is 19.2. The molecule has 6 heteroatoms. The summed E-state index contributed by atoms with van der Waals surface area (Å²) in [6.45, 7) is 2.42. The molecule has 2 aromatic carbocycles. The maximum absolute atomic E-state index is 12.8. The molecular formula is C23H25N3O3. The van der Waals surface area contributed by atoms with Crippen molar-refractivity contribution in [3.63, 3.8) is 0 Å². The van der Waals surface area contributed by atoms with Crippen LogP contribution in [0.25, 0.3) is 0 Å². The van der Waals surface area contributed by atoms with Gasteiger partial charge in [-0.25, -0.2) is 0 Å². The second kappa shape index (κ2) is 8.07. The summed E-state index contributed by atoms with van der Waals surface area (Å²) in [5.74, 6) is -0.781. The minimum absolute atomic E-state index is 0.0383. The van der Waals surface area contributed by atoms with Crippen LogP contribution < -0.4 is 15.5 Å². The number of hydrogen-bond acceptors (Lipinski definition) is 3. The van der Waals surface area contributed by atoms with Gasteiger partial charge in [0.05, 0.1) is 5.92 Å². The molecule has 0 radical (unpaired) electrons. The Balaban J connectivity index is 1.43. The number of rotatable bonds is 6. The van der Waals surface area contributed by atoms with Crippen LogP contribution in [0.1, 0.15) is 42.1 Å². The molecule has 1 unspecified atom stereocenters. The fourth-order valence-electron chi connectivity index (χ4n) is 3.67. The number of anilines is 2. The zero-order valence-corrected chi connectivity index (χ0v) is 16.5. The number of benzene rings is 2. The lowest BCUT2D eigenvalue weighted by atomic mass is 10.1. The zero-order valence-electron chi connectivity index (χ0n) is 16.5. The summed E-state index contributed by atoms with van der Waals surface area (Å²) < 4.78 is 0. The minimum Gasteiger partial charge on any atom is -0.349 e. The molecule has 0 bridgehead atoms. The molecule has 2 aliphatic rings. The van der Waals surface area contributed by atoms with E-state index in [9.17, 15) is 14.4 Å². The Morgan fingerprint density at radius 3 is 2.66 bits per heavy atom. The molecule has 2 fully saturated rings. The number of amides is 3. The SMILES string of the molecule is CCc1ccccc1N1CC(C(=O)Nc2cccc(C(=O)NC3CC3)c2)CC1=O. The molecule has 6 nitrogen and oxygen atoms in total. The molecule has 1 saturated carbocycles. The summed E-state index contributed by atoms with van der Waals surface area (Å²) in [6, 6.07) is 15.0. The first-order valence-electron chi connectivity index (χ1n) is 10.1. The van der Waals surface area contributed by atoms with E-state index in [0.29, 0.717) is 17.8 Å². The Kier molecular flexibility index (Phi) is 5.34. The third-order valence-electron chi connectivity index (χ3n) is 5.46. The van der Waals surface area contributed by atoms with E-state index in [1.54, 1.807) is 29.2 Å². The van der Waals surface area contributed by atoms with Gasteiger partial charge in [-0.3, -0.25) is 14.4 Å². The van der Waals surface area contributed by atoms with Crippen molar-refractivity contribution < 1.29 is 14.4 Å². The highest BCUT2D eigenvalue weighted by Gasteiger charge is 2.35. The molecule has 3 amide bonds. The highest BCUT2D eigenvalue weighted by Crippen LogP contribution is 2.29. The molecule has 2 N–H and O–H groups in total. The van der Waals surface area contributed by atoms with Gasteiger partial charge in [0.25, 0.3) is 5.91 Å². The van der Waals surface area contributed by atoms with Gasteiger partial charge in [-0.2, -0.15) is 0 Å². The number of carbonyl (C=O) groups is 3. The summed E-state index contributed by atoms with van der Waals surface area (Å²) in [5, 5.41) is 5.81. The highest BCUT2D eigenvalue weighted by atomic mass is 16.2. The molecule has 1 atom stereocenters. The van der Waals surface area contributed by atoms with Gasteiger partial charge in [-0.05, 0) is 49.1 Å². The van der Waals surface area contributed by atoms with Gasteiger partial charge in [-0.15, -0.1) is 0 Å². The van der Waals surface area contributed by atoms with Crippen LogP contribution in [0.3, 0.4) is 0 Å². The molecular weight excluding hydrogens is 366 g/mol. The lowest BCUT2D eigenvalue weighted by molar-refractivity contribution is -0.122. The monoisotopic (exact) mass is 391 g/mol. The number of aryl methyl sites for hydroxylation is 1. The summed E-state index contributed by atoms with van der Waals surface area (Å²) in [6.07, 6.45) is 3.06. The second-order valence-corrected chi connectivity index (χ2v) is 7.71. The predicted molar refractivity (Wildman–Crippen MR) is 112 cm³/mol. The maximum atomic E-state index is 12.8. The molecule has 1 aliphatic carbocycles. The molecule has 2 aromatic rings. The maximum Gasteiger partial charge on any atom is 0.251 e. The standard InChI is InChI=1S/C23H25N3O3/c1-2-15-6-3-4-9-20(15)26-14-17(13-21(26)27)23(29)25-19-8-5-7-16(12-19)22(28)24-18-10-11-18/h3-9,12,17-18H,2,10-11,13-14H2,1H3,(H,24,28)(H,25,29). The van der Waals surface area contributed by atoms with Crippen molar-refractivity contribution >= 4 is 29.1 Å². The van der Waals surface area contributed by atoms with Crippen molar-refractivity contribution in [3.05, 3.63) is 59.7 Å². The van der Waals surface area contributed by atoms with Crippen LogP contribution in [0.5, 0.6) is 0 Å². The van der Waals surface area contributed by atoms with Crippen LogP contribution in [0.2, 0.25) is 0 Å². The zero-order chi connectivity index (χ0) is 20.4. The topological polar surface area (TPSA) is 78.5 Å². The van der Waals surface area contributed by atoms with E-state index in [4.69, 9.17) is 0 Å². The Hall–Kier alpha value is -3.15. The predicted octanol–water partition coefficient (Wildman–Crippen LogP) is 3.13. The van der Waals surface area contributed by atoms with Gasteiger partial charge >= 0.3 is 0 Å². The average molecular weight is 391 g/mol. The van der Waals surface area contributed by atoms with E-state index in [-0.39, 0.29) is 30.2 Å². The smallest absolute Gasteiger partial charge is 0.251 e. The van der Waals surface area contributed by atoms with E-state index < -0.39 is 5.92 Å². The van der Waals surface area contributed by atoms with Crippen LogP contribution in [-0.4, -0.2) is 30.3 Å². The molecule has 29 heavy (non-hydrogen) atoms. The number of carbonyl (C=O) groups excluding carboxylic acids is 3. The Morgan fingerprint density at radius 2 is 1.90 bits per heavy atom. The van der Waals surface area contributed by atoms with Crippen molar-refractivity contribution in [2.24, 2.45) is 5.92 Å². The van der Waals surface area contributed by atoms with Crippen LogP contribution in [0, 0.1) is 5.92 Å². The number of para-hydroxylation sites is 1.